The molecule has 2 heterocycles. The molecule has 0 saturated carbocycles. The normalized spacial score (nSPS) is 11.5. The maximum Gasteiger partial charge on any atom is 0.261 e. The van der Waals surface area contributed by atoms with Gasteiger partial charge in [0.15, 0.2) is 5.65 Å². The van der Waals surface area contributed by atoms with Crippen LogP contribution in [-0.2, 0) is 10.0 Å². The Labute approximate surface area is 177 Å². The van der Waals surface area contributed by atoms with Crippen LogP contribution in [0.25, 0.3) is 5.65 Å². The molecule has 4 rings (SSSR count). The summed E-state index contributed by atoms with van der Waals surface area (Å²) in [5, 5.41) is 7.09. The van der Waals surface area contributed by atoms with Crippen LogP contribution in [-0.4, -0.2) is 28.9 Å². The summed E-state index contributed by atoms with van der Waals surface area (Å²) in [4.78, 5) is 16.9. The van der Waals surface area contributed by atoms with E-state index in [9.17, 15) is 17.6 Å². The second-order valence-corrected chi connectivity index (χ2v) is 8.59. The minimum atomic E-state index is -3.86. The molecule has 0 aliphatic rings. The number of anilines is 2. The monoisotopic (exact) mass is 439 g/mol. The van der Waals surface area contributed by atoms with Crippen molar-refractivity contribution in [3.05, 3.63) is 83.6 Å². The lowest BCUT2D eigenvalue weighted by atomic mass is 10.2. The van der Waals surface area contributed by atoms with E-state index in [2.05, 4.69) is 20.1 Å². The van der Waals surface area contributed by atoms with Crippen molar-refractivity contribution in [2.45, 2.75) is 18.7 Å². The molecule has 8 nitrogen and oxygen atoms in total. The van der Waals surface area contributed by atoms with Gasteiger partial charge in [0.25, 0.3) is 15.9 Å². The third kappa shape index (κ3) is 4.24. The molecular weight excluding hydrogens is 421 g/mol. The van der Waals surface area contributed by atoms with Gasteiger partial charge in [-0.3, -0.25) is 9.52 Å². The average Bonchev–Trinajstić information content (AvgIpc) is 3.11. The predicted octanol–water partition coefficient (Wildman–Crippen LogP) is 3.54. The highest BCUT2D eigenvalue weighted by Crippen LogP contribution is 2.20. The van der Waals surface area contributed by atoms with E-state index in [1.165, 1.54) is 30.5 Å². The van der Waals surface area contributed by atoms with Crippen LogP contribution in [0.15, 0.2) is 65.7 Å². The molecule has 0 aliphatic heterocycles. The number of aromatic nitrogens is 3. The van der Waals surface area contributed by atoms with Crippen LogP contribution >= 0.6 is 0 Å². The van der Waals surface area contributed by atoms with Crippen molar-refractivity contribution in [3.63, 3.8) is 0 Å². The molecule has 0 spiro atoms. The first-order valence-electron chi connectivity index (χ1n) is 9.25. The fraction of sp³-hybridized carbons (Fsp3) is 0.0952. The number of carbonyl (C=O) groups excluding carboxylic acids is 1. The van der Waals surface area contributed by atoms with Gasteiger partial charge in [0.2, 0.25) is 0 Å². The number of hydrogen-bond donors (Lipinski definition) is 2. The Morgan fingerprint density at radius 1 is 1.00 bits per heavy atom. The molecule has 31 heavy (non-hydrogen) atoms. The number of benzene rings is 2. The second-order valence-electron chi connectivity index (χ2n) is 6.90. The number of nitrogens with one attached hydrogen (secondary N) is 2. The number of amides is 1. The SMILES string of the molecule is Cc1cc2ncc(C(=O)Nc3ccc(NS(=O)(=O)c4ccc(F)cc4)cc3)c(C)n2n1. The number of hydrogen-bond acceptors (Lipinski definition) is 5. The summed E-state index contributed by atoms with van der Waals surface area (Å²) in [6, 6.07) is 12.5. The van der Waals surface area contributed by atoms with Gasteiger partial charge in [-0.25, -0.2) is 22.3 Å². The van der Waals surface area contributed by atoms with E-state index in [1.54, 1.807) is 23.6 Å². The Bertz CT molecular complexity index is 1380. The number of halogens is 1. The van der Waals surface area contributed by atoms with Crippen molar-refractivity contribution >= 4 is 33.0 Å². The highest BCUT2D eigenvalue weighted by atomic mass is 32.2. The van der Waals surface area contributed by atoms with E-state index in [0.29, 0.717) is 28.3 Å². The smallest absolute Gasteiger partial charge is 0.261 e. The number of sulfonamides is 1. The van der Waals surface area contributed by atoms with Crippen LogP contribution in [0.5, 0.6) is 0 Å². The predicted molar refractivity (Wildman–Crippen MR) is 114 cm³/mol. The lowest BCUT2D eigenvalue weighted by Gasteiger charge is -2.11. The molecule has 0 unspecified atom stereocenters. The molecule has 0 radical (unpaired) electrons. The molecule has 2 aromatic heterocycles. The highest BCUT2D eigenvalue weighted by Gasteiger charge is 2.16. The van der Waals surface area contributed by atoms with Crippen LogP contribution in [0.2, 0.25) is 0 Å². The lowest BCUT2D eigenvalue weighted by molar-refractivity contribution is 0.102. The van der Waals surface area contributed by atoms with Crippen LogP contribution in [0.3, 0.4) is 0 Å². The summed E-state index contributed by atoms with van der Waals surface area (Å²) >= 11 is 0. The molecule has 4 aromatic rings. The Morgan fingerprint density at radius 2 is 1.65 bits per heavy atom. The number of fused-ring (bicyclic) bond motifs is 1. The van der Waals surface area contributed by atoms with E-state index in [0.717, 1.165) is 17.8 Å². The molecule has 10 heteroatoms. The van der Waals surface area contributed by atoms with Crippen molar-refractivity contribution in [2.24, 2.45) is 0 Å². The number of rotatable bonds is 5. The molecule has 158 valence electrons. The molecule has 0 saturated heterocycles. The quantitative estimate of drug-likeness (QED) is 0.495. The minimum absolute atomic E-state index is 0.0569. The summed E-state index contributed by atoms with van der Waals surface area (Å²) in [5.41, 5.74) is 3.26. The minimum Gasteiger partial charge on any atom is -0.322 e. The van der Waals surface area contributed by atoms with Crippen LogP contribution < -0.4 is 10.0 Å². The van der Waals surface area contributed by atoms with Crippen LogP contribution in [0.4, 0.5) is 15.8 Å². The van der Waals surface area contributed by atoms with Crippen LogP contribution in [0.1, 0.15) is 21.7 Å². The molecule has 0 atom stereocenters. The molecule has 0 aliphatic carbocycles. The standard InChI is InChI=1S/C21H18FN5O3S/c1-13-11-20-23-12-19(14(2)27(20)25-13)21(28)24-16-5-7-17(8-6-16)26-31(29,30)18-9-3-15(22)4-10-18/h3-12,26H,1-2H3,(H,24,28). The van der Waals surface area contributed by atoms with E-state index in [1.807, 2.05) is 13.0 Å². The van der Waals surface area contributed by atoms with Gasteiger partial charge in [0, 0.05) is 23.6 Å². The maximum absolute atomic E-state index is 13.0. The van der Waals surface area contributed by atoms with Gasteiger partial charge >= 0.3 is 0 Å². The molecule has 2 N–H and O–H groups in total. The first kappa shape index (κ1) is 20.5. The van der Waals surface area contributed by atoms with Gasteiger partial charge in [-0.05, 0) is 62.4 Å². The first-order valence-corrected chi connectivity index (χ1v) is 10.7. The molecule has 0 bridgehead atoms. The summed E-state index contributed by atoms with van der Waals surface area (Å²) in [6.45, 7) is 3.63. The third-order valence-corrected chi connectivity index (χ3v) is 6.01. The van der Waals surface area contributed by atoms with Gasteiger partial charge < -0.3 is 5.32 Å². The number of aryl methyl sites for hydroxylation is 2. The average molecular weight is 439 g/mol. The largest absolute Gasteiger partial charge is 0.322 e. The summed E-state index contributed by atoms with van der Waals surface area (Å²) < 4.78 is 41.8. The van der Waals surface area contributed by atoms with Crippen molar-refractivity contribution < 1.29 is 17.6 Å². The zero-order valence-electron chi connectivity index (χ0n) is 16.6. The van der Waals surface area contributed by atoms with Crippen molar-refractivity contribution in [1.82, 2.24) is 14.6 Å². The van der Waals surface area contributed by atoms with Gasteiger partial charge in [0.05, 0.1) is 21.8 Å². The molecule has 1 amide bonds. The van der Waals surface area contributed by atoms with Crippen molar-refractivity contribution in [2.75, 3.05) is 10.0 Å². The first-order chi connectivity index (χ1) is 14.7. The van der Waals surface area contributed by atoms with Crippen LogP contribution in [0, 0.1) is 19.7 Å². The van der Waals surface area contributed by atoms with Crippen molar-refractivity contribution in [1.29, 1.82) is 0 Å². The molecule has 2 aromatic carbocycles. The summed E-state index contributed by atoms with van der Waals surface area (Å²) in [7, 11) is -3.86. The highest BCUT2D eigenvalue weighted by molar-refractivity contribution is 7.92. The van der Waals surface area contributed by atoms with E-state index < -0.39 is 15.8 Å². The lowest BCUT2D eigenvalue weighted by Crippen LogP contribution is -2.16. The number of carbonyl (C=O) groups is 1. The van der Waals surface area contributed by atoms with Gasteiger partial charge in [0.1, 0.15) is 5.82 Å². The number of nitrogens with zero attached hydrogens (tertiary/aromatic N) is 3. The Balaban J connectivity index is 1.49. The Morgan fingerprint density at radius 3 is 2.32 bits per heavy atom. The molecular formula is C21H18FN5O3S. The summed E-state index contributed by atoms with van der Waals surface area (Å²) in [5.74, 6) is -0.883. The van der Waals surface area contributed by atoms with E-state index >= 15 is 0 Å². The Kier molecular flexibility index (Phi) is 5.15. The fourth-order valence-electron chi connectivity index (χ4n) is 3.03. The van der Waals surface area contributed by atoms with Gasteiger partial charge in [-0.1, -0.05) is 0 Å². The summed E-state index contributed by atoms with van der Waals surface area (Å²) in [6.07, 6.45) is 1.49. The fourth-order valence-corrected chi connectivity index (χ4v) is 4.09. The zero-order valence-corrected chi connectivity index (χ0v) is 17.4. The third-order valence-electron chi connectivity index (χ3n) is 4.61. The van der Waals surface area contributed by atoms with Gasteiger partial charge in [-0.15, -0.1) is 0 Å². The van der Waals surface area contributed by atoms with E-state index in [4.69, 9.17) is 0 Å². The van der Waals surface area contributed by atoms with Crippen molar-refractivity contribution in [3.8, 4) is 0 Å². The Hall–Kier alpha value is -3.79. The second kappa shape index (κ2) is 7.80. The topological polar surface area (TPSA) is 105 Å². The maximum atomic E-state index is 13.0. The zero-order chi connectivity index (χ0) is 22.2. The van der Waals surface area contributed by atoms with E-state index in [-0.39, 0.29) is 10.8 Å². The van der Waals surface area contributed by atoms with Gasteiger partial charge in [-0.2, -0.15) is 5.10 Å². The molecule has 0 fully saturated rings.